The number of amides is 1. The van der Waals surface area contributed by atoms with Crippen molar-refractivity contribution in [1.29, 1.82) is 0 Å². The lowest BCUT2D eigenvalue weighted by molar-refractivity contribution is 0.0746. The molecule has 25 heavy (non-hydrogen) atoms. The lowest BCUT2D eigenvalue weighted by Crippen LogP contribution is -2.48. The van der Waals surface area contributed by atoms with Gasteiger partial charge in [0.25, 0.3) is 5.91 Å². The molecular formula is C16H20N4O3S2. The summed E-state index contributed by atoms with van der Waals surface area (Å²) in [7, 11) is -0.516. The van der Waals surface area contributed by atoms with Crippen molar-refractivity contribution in [3.63, 3.8) is 0 Å². The first kappa shape index (κ1) is 17.8. The second-order valence-electron chi connectivity index (χ2n) is 5.91. The van der Waals surface area contributed by atoms with E-state index >= 15 is 0 Å². The van der Waals surface area contributed by atoms with Crippen molar-refractivity contribution in [3.05, 3.63) is 41.4 Å². The van der Waals surface area contributed by atoms with Crippen LogP contribution in [-0.2, 0) is 10.0 Å². The van der Waals surface area contributed by atoms with Crippen molar-refractivity contribution in [2.75, 3.05) is 45.2 Å². The standard InChI is InChI=1S/C16H20N4O3S2/c1-18(2)25(22,23)14-5-3-13(4-6-14)15(21)19-8-10-20(11-9-19)16-17-7-12-24-16/h3-7,12H,8-11H2,1-2H3. The molecule has 134 valence electrons. The summed E-state index contributed by atoms with van der Waals surface area (Å²) in [5, 5.41) is 2.92. The molecule has 0 saturated carbocycles. The van der Waals surface area contributed by atoms with Crippen LogP contribution >= 0.6 is 11.3 Å². The van der Waals surface area contributed by atoms with E-state index in [1.807, 2.05) is 5.38 Å². The van der Waals surface area contributed by atoms with E-state index in [-0.39, 0.29) is 10.8 Å². The van der Waals surface area contributed by atoms with Gasteiger partial charge in [0.1, 0.15) is 0 Å². The molecule has 0 aliphatic carbocycles. The molecule has 2 aromatic rings. The summed E-state index contributed by atoms with van der Waals surface area (Å²) in [6.45, 7) is 2.73. The van der Waals surface area contributed by atoms with Crippen LogP contribution in [-0.4, -0.2) is 68.8 Å². The van der Waals surface area contributed by atoms with Gasteiger partial charge in [0.05, 0.1) is 4.90 Å². The summed E-state index contributed by atoms with van der Waals surface area (Å²) in [6, 6.07) is 6.11. The number of rotatable bonds is 4. The summed E-state index contributed by atoms with van der Waals surface area (Å²) in [5.74, 6) is -0.0763. The highest BCUT2D eigenvalue weighted by molar-refractivity contribution is 7.89. The second-order valence-corrected chi connectivity index (χ2v) is 8.93. The maximum absolute atomic E-state index is 12.6. The van der Waals surface area contributed by atoms with Crippen LogP contribution in [0.3, 0.4) is 0 Å². The van der Waals surface area contributed by atoms with E-state index in [1.165, 1.54) is 26.2 Å². The Hall–Kier alpha value is -1.97. The maximum atomic E-state index is 12.6. The lowest BCUT2D eigenvalue weighted by Gasteiger charge is -2.34. The van der Waals surface area contributed by atoms with Gasteiger partial charge in [-0.1, -0.05) is 0 Å². The Morgan fingerprint density at radius 3 is 2.28 bits per heavy atom. The number of anilines is 1. The average Bonchev–Trinajstić information content (AvgIpc) is 3.16. The van der Waals surface area contributed by atoms with Crippen molar-refractivity contribution in [1.82, 2.24) is 14.2 Å². The highest BCUT2D eigenvalue weighted by Gasteiger charge is 2.24. The minimum Gasteiger partial charge on any atom is -0.345 e. The third-order valence-corrected chi connectivity index (χ3v) is 6.80. The van der Waals surface area contributed by atoms with Crippen molar-refractivity contribution < 1.29 is 13.2 Å². The van der Waals surface area contributed by atoms with Gasteiger partial charge in [0, 0.05) is 57.4 Å². The summed E-state index contributed by atoms with van der Waals surface area (Å²) in [6.07, 6.45) is 1.78. The second kappa shape index (κ2) is 7.11. The zero-order valence-electron chi connectivity index (χ0n) is 14.1. The Kier molecular flexibility index (Phi) is 5.07. The Labute approximate surface area is 151 Å². The van der Waals surface area contributed by atoms with Crippen molar-refractivity contribution in [2.45, 2.75) is 4.90 Å². The molecule has 9 heteroatoms. The van der Waals surface area contributed by atoms with Crippen LogP contribution < -0.4 is 4.90 Å². The number of hydrogen-bond acceptors (Lipinski definition) is 6. The van der Waals surface area contributed by atoms with Gasteiger partial charge in [0.2, 0.25) is 10.0 Å². The highest BCUT2D eigenvalue weighted by Crippen LogP contribution is 2.20. The van der Waals surface area contributed by atoms with Crippen molar-refractivity contribution in [2.24, 2.45) is 0 Å². The first-order chi connectivity index (χ1) is 11.9. The molecule has 2 heterocycles. The number of sulfonamides is 1. The van der Waals surface area contributed by atoms with E-state index in [0.717, 1.165) is 22.5 Å². The predicted octanol–water partition coefficient (Wildman–Crippen LogP) is 1.36. The molecule has 1 aliphatic rings. The molecule has 0 unspecified atom stereocenters. The summed E-state index contributed by atoms with van der Waals surface area (Å²) >= 11 is 1.59. The molecule has 0 N–H and O–H groups in total. The monoisotopic (exact) mass is 380 g/mol. The first-order valence-electron chi connectivity index (χ1n) is 7.86. The quantitative estimate of drug-likeness (QED) is 0.801. The number of nitrogens with zero attached hydrogens (tertiary/aromatic N) is 4. The molecule has 1 fully saturated rings. The summed E-state index contributed by atoms with van der Waals surface area (Å²) in [5.41, 5.74) is 0.500. The van der Waals surface area contributed by atoms with Crippen LogP contribution in [0.5, 0.6) is 0 Å². The van der Waals surface area contributed by atoms with Gasteiger partial charge in [-0.25, -0.2) is 17.7 Å². The van der Waals surface area contributed by atoms with E-state index in [4.69, 9.17) is 0 Å². The minimum absolute atomic E-state index is 0.0763. The maximum Gasteiger partial charge on any atom is 0.253 e. The third kappa shape index (κ3) is 3.68. The molecule has 1 amide bonds. The highest BCUT2D eigenvalue weighted by atomic mass is 32.2. The van der Waals surface area contributed by atoms with E-state index in [0.29, 0.717) is 18.7 Å². The third-order valence-electron chi connectivity index (χ3n) is 4.14. The zero-order valence-corrected chi connectivity index (χ0v) is 15.8. The zero-order chi connectivity index (χ0) is 18.0. The molecule has 0 radical (unpaired) electrons. The molecule has 1 saturated heterocycles. The number of piperazine rings is 1. The lowest BCUT2D eigenvalue weighted by atomic mass is 10.2. The summed E-state index contributed by atoms with van der Waals surface area (Å²) < 4.78 is 25.3. The molecule has 1 aliphatic heterocycles. The Morgan fingerprint density at radius 2 is 1.76 bits per heavy atom. The topological polar surface area (TPSA) is 73.8 Å². The Bertz CT molecular complexity index is 825. The van der Waals surface area contributed by atoms with Crippen LogP contribution in [0.4, 0.5) is 5.13 Å². The number of thiazole rings is 1. The molecule has 0 bridgehead atoms. The van der Waals surface area contributed by atoms with Gasteiger partial charge in [-0.05, 0) is 24.3 Å². The Balaban J connectivity index is 1.66. The molecule has 1 aromatic carbocycles. The minimum atomic E-state index is -3.48. The number of carbonyl (C=O) groups is 1. The van der Waals surface area contributed by atoms with Gasteiger partial charge in [0.15, 0.2) is 5.13 Å². The number of carbonyl (C=O) groups excluding carboxylic acids is 1. The molecule has 1 aromatic heterocycles. The predicted molar refractivity (Wildman–Crippen MR) is 97.5 cm³/mol. The molecule has 0 spiro atoms. The molecular weight excluding hydrogens is 360 g/mol. The van der Waals surface area contributed by atoms with E-state index in [1.54, 1.807) is 34.6 Å². The molecule has 0 atom stereocenters. The van der Waals surface area contributed by atoms with Gasteiger partial charge in [-0.15, -0.1) is 11.3 Å². The fraction of sp³-hybridized carbons (Fsp3) is 0.375. The van der Waals surface area contributed by atoms with Gasteiger partial charge < -0.3 is 9.80 Å². The largest absolute Gasteiger partial charge is 0.345 e. The van der Waals surface area contributed by atoms with E-state index in [2.05, 4.69) is 9.88 Å². The Morgan fingerprint density at radius 1 is 1.12 bits per heavy atom. The smallest absolute Gasteiger partial charge is 0.253 e. The number of benzene rings is 1. The van der Waals surface area contributed by atoms with E-state index in [9.17, 15) is 13.2 Å². The molecule has 7 nitrogen and oxygen atoms in total. The first-order valence-corrected chi connectivity index (χ1v) is 10.2. The van der Waals surface area contributed by atoms with E-state index < -0.39 is 10.0 Å². The van der Waals surface area contributed by atoms with Gasteiger partial charge >= 0.3 is 0 Å². The van der Waals surface area contributed by atoms with Gasteiger partial charge in [-0.2, -0.15) is 0 Å². The fourth-order valence-electron chi connectivity index (χ4n) is 2.64. The normalized spacial score (nSPS) is 15.6. The molecule has 3 rings (SSSR count). The van der Waals surface area contributed by atoms with Crippen LogP contribution in [0.1, 0.15) is 10.4 Å². The average molecular weight is 380 g/mol. The van der Waals surface area contributed by atoms with Crippen molar-refractivity contribution in [3.8, 4) is 0 Å². The van der Waals surface area contributed by atoms with Crippen LogP contribution in [0.15, 0.2) is 40.7 Å². The van der Waals surface area contributed by atoms with Gasteiger partial charge in [-0.3, -0.25) is 4.79 Å². The number of aromatic nitrogens is 1. The summed E-state index contributed by atoms with van der Waals surface area (Å²) in [4.78, 5) is 21.1. The SMILES string of the molecule is CN(C)S(=O)(=O)c1ccc(C(=O)N2CCN(c3nccs3)CC2)cc1. The fourth-order valence-corrected chi connectivity index (χ4v) is 4.23. The number of hydrogen-bond donors (Lipinski definition) is 0. The van der Waals surface area contributed by atoms with Crippen LogP contribution in [0.25, 0.3) is 0 Å². The van der Waals surface area contributed by atoms with Crippen LogP contribution in [0, 0.1) is 0 Å². The van der Waals surface area contributed by atoms with Crippen molar-refractivity contribution >= 4 is 32.4 Å². The van der Waals surface area contributed by atoms with Crippen LogP contribution in [0.2, 0.25) is 0 Å².